The number of halogens is 4. The first kappa shape index (κ1) is 28.7. The number of sulfonamides is 1. The third-order valence-corrected chi connectivity index (χ3v) is 7.87. The van der Waals surface area contributed by atoms with E-state index in [1.807, 2.05) is 19.1 Å². The molecular formula is C24H26ClF3N2O6S. The van der Waals surface area contributed by atoms with E-state index in [0.29, 0.717) is 17.3 Å². The number of anilines is 1. The third-order valence-electron chi connectivity index (χ3n) is 6.08. The van der Waals surface area contributed by atoms with Crippen LogP contribution < -0.4 is 10.0 Å². The fourth-order valence-electron chi connectivity index (χ4n) is 3.77. The van der Waals surface area contributed by atoms with Gasteiger partial charge in [-0.3, -0.25) is 9.52 Å². The Morgan fingerprint density at radius 1 is 1.16 bits per heavy atom. The van der Waals surface area contributed by atoms with Crippen LogP contribution in [0.2, 0.25) is 5.02 Å². The molecule has 0 radical (unpaired) electrons. The number of carboxylic acid groups (broad SMARTS) is 1. The number of ether oxygens (including phenoxy) is 1. The largest absolute Gasteiger partial charge is 0.490 e. The van der Waals surface area contributed by atoms with Crippen LogP contribution in [0.3, 0.4) is 0 Å². The van der Waals surface area contributed by atoms with Crippen LogP contribution in [0, 0.1) is 6.92 Å². The van der Waals surface area contributed by atoms with Crippen LogP contribution in [0.1, 0.15) is 36.8 Å². The molecule has 1 atom stereocenters. The first-order valence-electron chi connectivity index (χ1n) is 11.3. The van der Waals surface area contributed by atoms with Crippen LogP contribution >= 0.6 is 11.6 Å². The lowest BCUT2D eigenvalue weighted by molar-refractivity contribution is -0.192. The molecule has 1 heterocycles. The molecule has 3 N–H and O–H groups in total. The van der Waals surface area contributed by atoms with Gasteiger partial charge in [-0.05, 0) is 68.0 Å². The lowest BCUT2D eigenvalue weighted by Gasteiger charge is -2.18. The summed E-state index contributed by atoms with van der Waals surface area (Å²) in [6.45, 7) is 3.12. The maximum Gasteiger partial charge on any atom is 0.490 e. The number of amides is 1. The molecule has 2 aliphatic rings. The standard InChI is InChI=1S/C22H25ClN2O4S.C2HF3O2/c1-15-4-9-19(13-20(15)23)30(27,28)25-17-7-5-16(6-8-17)22(10-11-22)21(26)24-14-18-3-2-12-29-18;3-2(4,5)1(6)7/h4-9,13,18,25H,2-3,10-12,14H2,1H3,(H,24,26);(H,6,7). The van der Waals surface area contributed by atoms with Gasteiger partial charge in [0.05, 0.1) is 16.4 Å². The number of hydrogen-bond donors (Lipinski definition) is 3. The highest BCUT2D eigenvalue weighted by atomic mass is 35.5. The van der Waals surface area contributed by atoms with E-state index in [4.69, 9.17) is 26.2 Å². The van der Waals surface area contributed by atoms with E-state index in [-0.39, 0.29) is 16.9 Å². The van der Waals surface area contributed by atoms with E-state index in [1.165, 1.54) is 12.1 Å². The van der Waals surface area contributed by atoms with Crippen molar-refractivity contribution in [3.05, 3.63) is 58.6 Å². The smallest absolute Gasteiger partial charge is 0.475 e. The second kappa shape index (κ2) is 11.3. The molecular weight excluding hydrogens is 537 g/mol. The van der Waals surface area contributed by atoms with Crippen molar-refractivity contribution in [1.82, 2.24) is 5.32 Å². The quantitative estimate of drug-likeness (QED) is 0.459. The first-order chi connectivity index (χ1) is 17.2. The van der Waals surface area contributed by atoms with Crippen molar-refractivity contribution >= 4 is 39.2 Å². The number of benzene rings is 2. The lowest BCUT2D eigenvalue weighted by atomic mass is 9.94. The Morgan fingerprint density at radius 2 is 1.78 bits per heavy atom. The van der Waals surface area contributed by atoms with Crippen molar-refractivity contribution in [2.75, 3.05) is 17.9 Å². The molecule has 2 aromatic carbocycles. The average molecular weight is 563 g/mol. The second-order valence-electron chi connectivity index (χ2n) is 8.82. The highest BCUT2D eigenvalue weighted by Gasteiger charge is 2.51. The number of carbonyl (C=O) groups is 2. The summed E-state index contributed by atoms with van der Waals surface area (Å²) in [5, 5.41) is 10.5. The zero-order chi connectivity index (χ0) is 27.4. The zero-order valence-corrected chi connectivity index (χ0v) is 21.3. The molecule has 202 valence electrons. The van der Waals surface area contributed by atoms with E-state index < -0.39 is 27.6 Å². The Hall–Kier alpha value is -2.83. The van der Waals surface area contributed by atoms with E-state index in [1.54, 1.807) is 18.2 Å². The monoisotopic (exact) mass is 562 g/mol. The first-order valence-corrected chi connectivity index (χ1v) is 13.2. The maximum atomic E-state index is 12.8. The lowest BCUT2D eigenvalue weighted by Crippen LogP contribution is -2.39. The molecule has 0 bridgehead atoms. The molecule has 1 aliphatic carbocycles. The van der Waals surface area contributed by atoms with Gasteiger partial charge >= 0.3 is 12.1 Å². The van der Waals surface area contributed by atoms with Crippen molar-refractivity contribution in [2.45, 2.75) is 55.2 Å². The molecule has 13 heteroatoms. The number of carboxylic acids is 1. The van der Waals surface area contributed by atoms with Gasteiger partial charge in [-0.2, -0.15) is 13.2 Å². The van der Waals surface area contributed by atoms with E-state index in [2.05, 4.69) is 10.0 Å². The molecule has 1 amide bonds. The van der Waals surface area contributed by atoms with Gasteiger partial charge in [0.25, 0.3) is 10.0 Å². The van der Waals surface area contributed by atoms with Crippen molar-refractivity contribution < 1.29 is 41.0 Å². The van der Waals surface area contributed by atoms with Gasteiger partial charge < -0.3 is 15.2 Å². The number of aryl methyl sites for hydroxylation is 1. The molecule has 0 spiro atoms. The predicted octanol–water partition coefficient (Wildman–Crippen LogP) is 4.41. The zero-order valence-electron chi connectivity index (χ0n) is 19.8. The van der Waals surface area contributed by atoms with Gasteiger partial charge in [0.1, 0.15) is 0 Å². The summed E-state index contributed by atoms with van der Waals surface area (Å²) in [6, 6.07) is 11.6. The summed E-state index contributed by atoms with van der Waals surface area (Å²) in [6.07, 6.45) is -1.38. The minimum atomic E-state index is -5.08. The average Bonchev–Trinajstić information content (AvgIpc) is 3.47. The van der Waals surface area contributed by atoms with E-state index in [0.717, 1.165) is 43.4 Å². The van der Waals surface area contributed by atoms with Gasteiger partial charge in [-0.25, -0.2) is 13.2 Å². The van der Waals surface area contributed by atoms with Crippen LogP contribution in [0.25, 0.3) is 0 Å². The van der Waals surface area contributed by atoms with Crippen LogP contribution in [0.15, 0.2) is 47.4 Å². The Labute approximate surface area is 217 Å². The predicted molar refractivity (Wildman–Crippen MR) is 130 cm³/mol. The highest BCUT2D eigenvalue weighted by Crippen LogP contribution is 2.48. The van der Waals surface area contributed by atoms with Crippen LogP contribution in [-0.4, -0.2) is 50.8 Å². The van der Waals surface area contributed by atoms with Crippen molar-refractivity contribution in [1.29, 1.82) is 0 Å². The summed E-state index contributed by atoms with van der Waals surface area (Å²) in [5.41, 5.74) is 1.63. The SMILES string of the molecule is Cc1ccc(S(=O)(=O)Nc2ccc(C3(C(=O)NCC4CCCO4)CC3)cc2)cc1Cl.O=C(O)C(F)(F)F. The number of nitrogens with one attached hydrogen (secondary N) is 2. The summed E-state index contributed by atoms with van der Waals surface area (Å²) in [4.78, 5) is 21.8. The number of alkyl halides is 3. The summed E-state index contributed by atoms with van der Waals surface area (Å²) >= 11 is 6.06. The van der Waals surface area contributed by atoms with Gasteiger partial charge in [-0.15, -0.1) is 0 Å². The van der Waals surface area contributed by atoms with E-state index in [9.17, 15) is 26.4 Å². The Balaban J connectivity index is 0.000000479. The van der Waals surface area contributed by atoms with Crippen LogP contribution in [-0.2, 0) is 29.8 Å². The molecule has 4 rings (SSSR count). The van der Waals surface area contributed by atoms with Gasteiger partial charge in [0.2, 0.25) is 5.91 Å². The minimum absolute atomic E-state index is 0.0145. The van der Waals surface area contributed by atoms with Gasteiger partial charge in [0.15, 0.2) is 0 Å². The van der Waals surface area contributed by atoms with Gasteiger partial charge in [0, 0.05) is 23.9 Å². The Morgan fingerprint density at radius 3 is 2.27 bits per heavy atom. The van der Waals surface area contributed by atoms with Gasteiger partial charge in [-0.1, -0.05) is 29.8 Å². The van der Waals surface area contributed by atoms with Crippen LogP contribution in [0.4, 0.5) is 18.9 Å². The topological polar surface area (TPSA) is 122 Å². The minimum Gasteiger partial charge on any atom is -0.475 e. The summed E-state index contributed by atoms with van der Waals surface area (Å²) in [7, 11) is -3.75. The fraction of sp³-hybridized carbons (Fsp3) is 0.417. The third kappa shape index (κ3) is 7.36. The van der Waals surface area contributed by atoms with Crippen molar-refractivity contribution in [3.8, 4) is 0 Å². The second-order valence-corrected chi connectivity index (χ2v) is 10.9. The molecule has 1 saturated carbocycles. The fourth-order valence-corrected chi connectivity index (χ4v) is 5.09. The molecule has 37 heavy (non-hydrogen) atoms. The molecule has 2 aromatic rings. The highest BCUT2D eigenvalue weighted by molar-refractivity contribution is 7.92. The Bertz CT molecular complexity index is 1240. The number of rotatable bonds is 7. The normalized spacial score (nSPS) is 18.4. The molecule has 1 saturated heterocycles. The molecule has 0 aromatic heterocycles. The number of aliphatic carboxylic acids is 1. The maximum absolute atomic E-state index is 12.8. The van der Waals surface area contributed by atoms with Crippen LogP contribution in [0.5, 0.6) is 0 Å². The summed E-state index contributed by atoms with van der Waals surface area (Å²) < 4.78 is 65.1. The number of hydrogen-bond acceptors (Lipinski definition) is 5. The molecule has 8 nitrogen and oxygen atoms in total. The number of carbonyl (C=O) groups excluding carboxylic acids is 1. The summed E-state index contributed by atoms with van der Waals surface area (Å²) in [5.74, 6) is -2.74. The molecule has 1 unspecified atom stereocenters. The molecule has 2 fully saturated rings. The van der Waals surface area contributed by atoms with Crippen molar-refractivity contribution in [2.24, 2.45) is 0 Å². The van der Waals surface area contributed by atoms with E-state index >= 15 is 0 Å². The van der Waals surface area contributed by atoms with Crippen molar-refractivity contribution in [3.63, 3.8) is 0 Å². The Kier molecular flexibility index (Phi) is 8.76. The molecule has 1 aliphatic heterocycles.